The minimum Gasteiger partial charge on any atom is -0.364 e. The van der Waals surface area contributed by atoms with Crippen LogP contribution < -0.4 is 10.6 Å². The summed E-state index contributed by atoms with van der Waals surface area (Å²) in [4.78, 5) is 37.6. The molecule has 5 rings (SSSR count). The van der Waals surface area contributed by atoms with Gasteiger partial charge in [0.05, 0.1) is 12.5 Å². The Kier molecular flexibility index (Phi) is 4.72. The quantitative estimate of drug-likeness (QED) is 0.501. The summed E-state index contributed by atoms with van der Waals surface area (Å²) in [5, 5.41) is 6.30. The van der Waals surface area contributed by atoms with E-state index < -0.39 is 0 Å². The zero-order valence-electron chi connectivity index (χ0n) is 16.0. The van der Waals surface area contributed by atoms with Crippen LogP contribution in [0.5, 0.6) is 0 Å². The van der Waals surface area contributed by atoms with Crippen LogP contribution in [0.25, 0.3) is 11.2 Å². The van der Waals surface area contributed by atoms with Gasteiger partial charge >= 0.3 is 0 Å². The molecular formula is C20H19N9O. The topological polar surface area (TPSA) is 123 Å². The molecule has 150 valence electrons. The lowest BCUT2D eigenvalue weighted by molar-refractivity contribution is 0.0889. The maximum absolute atomic E-state index is 12.2. The first-order chi connectivity index (χ1) is 14.8. The first kappa shape index (κ1) is 18.1. The molecule has 1 amide bonds. The van der Waals surface area contributed by atoms with Crippen molar-refractivity contribution in [1.82, 2.24) is 39.8 Å². The second kappa shape index (κ2) is 7.82. The summed E-state index contributed by atoms with van der Waals surface area (Å²) in [7, 11) is 0. The van der Waals surface area contributed by atoms with Crippen LogP contribution in [0.4, 0.5) is 5.82 Å². The van der Waals surface area contributed by atoms with Crippen LogP contribution in [0, 0.1) is 0 Å². The molecule has 4 aromatic rings. The summed E-state index contributed by atoms with van der Waals surface area (Å²) in [5.41, 5.74) is 2.89. The third kappa shape index (κ3) is 3.54. The van der Waals surface area contributed by atoms with Crippen LogP contribution >= 0.6 is 0 Å². The first-order valence-corrected chi connectivity index (χ1v) is 9.65. The fourth-order valence-corrected chi connectivity index (χ4v) is 3.55. The lowest BCUT2D eigenvalue weighted by Crippen LogP contribution is -2.45. The van der Waals surface area contributed by atoms with E-state index in [9.17, 15) is 4.79 Å². The Morgan fingerprint density at radius 2 is 1.97 bits per heavy atom. The van der Waals surface area contributed by atoms with E-state index >= 15 is 0 Å². The van der Waals surface area contributed by atoms with Gasteiger partial charge in [-0.3, -0.25) is 14.8 Å². The van der Waals surface area contributed by atoms with E-state index in [4.69, 9.17) is 0 Å². The highest BCUT2D eigenvalue weighted by Gasteiger charge is 2.33. The predicted molar refractivity (Wildman–Crippen MR) is 108 cm³/mol. The second-order valence-electron chi connectivity index (χ2n) is 7.15. The van der Waals surface area contributed by atoms with Gasteiger partial charge in [-0.15, -0.1) is 0 Å². The summed E-state index contributed by atoms with van der Waals surface area (Å²) < 4.78 is 2.05. The fourth-order valence-electron chi connectivity index (χ4n) is 3.55. The molecule has 1 fully saturated rings. The van der Waals surface area contributed by atoms with Gasteiger partial charge in [0.2, 0.25) is 0 Å². The molecule has 0 aliphatic heterocycles. The Morgan fingerprint density at radius 1 is 1.07 bits per heavy atom. The number of pyridine rings is 1. The van der Waals surface area contributed by atoms with Crippen molar-refractivity contribution < 1.29 is 4.79 Å². The molecule has 4 aromatic heterocycles. The van der Waals surface area contributed by atoms with Gasteiger partial charge in [0.25, 0.3) is 5.91 Å². The average Bonchev–Trinajstić information content (AvgIpc) is 3.20. The smallest absolute Gasteiger partial charge is 0.271 e. The minimum absolute atomic E-state index is 0.0898. The highest BCUT2D eigenvalue weighted by Crippen LogP contribution is 2.35. The van der Waals surface area contributed by atoms with Crippen molar-refractivity contribution in [3.05, 3.63) is 67.0 Å². The molecule has 0 unspecified atom stereocenters. The lowest BCUT2D eigenvalue weighted by Gasteiger charge is -2.36. The van der Waals surface area contributed by atoms with E-state index in [2.05, 4.69) is 45.1 Å². The van der Waals surface area contributed by atoms with E-state index in [0.29, 0.717) is 18.1 Å². The Morgan fingerprint density at radius 3 is 2.77 bits per heavy atom. The first-order valence-electron chi connectivity index (χ1n) is 9.65. The van der Waals surface area contributed by atoms with Crippen LogP contribution in [-0.4, -0.2) is 46.4 Å². The van der Waals surface area contributed by atoms with E-state index in [-0.39, 0.29) is 18.0 Å². The molecule has 10 heteroatoms. The van der Waals surface area contributed by atoms with Gasteiger partial charge in [-0.25, -0.2) is 19.9 Å². The zero-order chi connectivity index (χ0) is 20.3. The van der Waals surface area contributed by atoms with Crippen molar-refractivity contribution >= 4 is 22.9 Å². The summed E-state index contributed by atoms with van der Waals surface area (Å²) in [6.07, 6.45) is 13.0. The number of carbonyl (C=O) groups is 1. The Hall–Kier alpha value is -3.95. The van der Waals surface area contributed by atoms with Gasteiger partial charge in [0.15, 0.2) is 11.5 Å². The van der Waals surface area contributed by atoms with Crippen LogP contribution in [-0.2, 0) is 6.54 Å². The fraction of sp³-hybridized carbons (Fsp3) is 0.250. The molecule has 1 saturated carbocycles. The third-order valence-electron chi connectivity index (χ3n) is 5.18. The zero-order valence-corrected chi connectivity index (χ0v) is 16.0. The van der Waals surface area contributed by atoms with Crippen LogP contribution in [0.1, 0.15) is 34.9 Å². The summed E-state index contributed by atoms with van der Waals surface area (Å²) in [6.45, 7) is 0.604. The molecule has 0 saturated heterocycles. The number of imidazole rings is 1. The van der Waals surface area contributed by atoms with Crippen molar-refractivity contribution in [3.8, 4) is 0 Å². The van der Waals surface area contributed by atoms with Gasteiger partial charge in [-0.1, -0.05) is 6.07 Å². The number of nitrogens with zero attached hydrogens (tertiary/aromatic N) is 7. The molecule has 0 spiro atoms. The van der Waals surface area contributed by atoms with E-state index in [1.54, 1.807) is 18.7 Å². The molecule has 0 bridgehead atoms. The highest BCUT2D eigenvalue weighted by molar-refractivity contribution is 5.92. The molecule has 1 aliphatic rings. The molecule has 10 nitrogen and oxygen atoms in total. The molecule has 0 radical (unpaired) electrons. The number of fused-ring (bicyclic) bond motifs is 1. The number of aromatic nitrogens is 7. The number of hydrogen-bond acceptors (Lipinski definition) is 8. The summed E-state index contributed by atoms with van der Waals surface area (Å²) in [5.74, 6) is 0.487. The van der Waals surface area contributed by atoms with Crippen molar-refractivity contribution in [2.75, 3.05) is 5.32 Å². The molecule has 30 heavy (non-hydrogen) atoms. The van der Waals surface area contributed by atoms with Gasteiger partial charge in [-0.05, 0) is 24.5 Å². The molecule has 1 aliphatic carbocycles. The summed E-state index contributed by atoms with van der Waals surface area (Å²) in [6, 6.07) is 4.22. The van der Waals surface area contributed by atoms with Crippen molar-refractivity contribution in [1.29, 1.82) is 0 Å². The van der Waals surface area contributed by atoms with E-state index in [1.165, 1.54) is 18.7 Å². The molecule has 4 heterocycles. The van der Waals surface area contributed by atoms with Crippen molar-refractivity contribution in [2.24, 2.45) is 0 Å². The molecule has 0 atom stereocenters. The Labute approximate surface area is 171 Å². The van der Waals surface area contributed by atoms with Crippen LogP contribution in [0.15, 0.2) is 55.8 Å². The van der Waals surface area contributed by atoms with Gasteiger partial charge in [-0.2, -0.15) is 0 Å². The predicted octanol–water partition coefficient (Wildman–Crippen LogP) is 1.76. The van der Waals surface area contributed by atoms with Crippen LogP contribution in [0.2, 0.25) is 0 Å². The highest BCUT2D eigenvalue weighted by atomic mass is 16.2. The maximum atomic E-state index is 12.2. The average molecular weight is 401 g/mol. The largest absolute Gasteiger partial charge is 0.364 e. The van der Waals surface area contributed by atoms with Gasteiger partial charge in [0, 0.05) is 43.4 Å². The number of hydrogen-bond donors (Lipinski definition) is 2. The number of amides is 1. The van der Waals surface area contributed by atoms with Crippen molar-refractivity contribution in [3.63, 3.8) is 0 Å². The standard InChI is InChI=1S/C20H19N9O/c30-20(16-10-22-4-5-23-16)28-14-6-15(7-14)29-12-27-17-18(25-11-26-19(17)29)24-9-13-2-1-3-21-8-13/h1-5,8,10-12,14-15H,6-7,9H2,(H,28,30)(H,24,25,26). The Bertz CT molecular complexity index is 1160. The number of anilines is 1. The number of carbonyl (C=O) groups excluding carboxylic acids is 1. The monoisotopic (exact) mass is 401 g/mol. The van der Waals surface area contributed by atoms with Gasteiger partial charge in [0.1, 0.15) is 17.5 Å². The van der Waals surface area contributed by atoms with Gasteiger partial charge < -0.3 is 15.2 Å². The normalized spacial score (nSPS) is 18.0. The Balaban J connectivity index is 1.25. The van der Waals surface area contributed by atoms with E-state index in [0.717, 1.165) is 29.6 Å². The summed E-state index contributed by atoms with van der Waals surface area (Å²) >= 11 is 0. The van der Waals surface area contributed by atoms with Crippen LogP contribution in [0.3, 0.4) is 0 Å². The number of nitrogens with one attached hydrogen (secondary N) is 2. The maximum Gasteiger partial charge on any atom is 0.271 e. The molecular weight excluding hydrogens is 382 g/mol. The van der Waals surface area contributed by atoms with E-state index in [1.807, 2.05) is 18.3 Å². The molecule has 2 N–H and O–H groups in total. The molecule has 0 aromatic carbocycles. The second-order valence-corrected chi connectivity index (χ2v) is 7.15. The van der Waals surface area contributed by atoms with Crippen molar-refractivity contribution in [2.45, 2.75) is 31.5 Å². The minimum atomic E-state index is -0.203. The SMILES string of the molecule is O=C(NC1CC(n2cnc3c(NCc4cccnc4)ncnc32)C1)c1cnccn1. The number of rotatable bonds is 6. The lowest BCUT2D eigenvalue weighted by atomic mass is 9.86. The third-order valence-corrected chi connectivity index (χ3v) is 5.18.